The van der Waals surface area contributed by atoms with Gasteiger partial charge in [-0.05, 0) is 24.0 Å². The van der Waals surface area contributed by atoms with Gasteiger partial charge in [0.15, 0.2) is 0 Å². The van der Waals surface area contributed by atoms with Crippen LogP contribution in [0.1, 0.15) is 24.8 Å². The van der Waals surface area contributed by atoms with Crippen molar-refractivity contribution in [3.05, 3.63) is 29.8 Å². The monoisotopic (exact) mass is 209 g/mol. The molecule has 1 heterocycles. The first kappa shape index (κ1) is 9.85. The van der Waals surface area contributed by atoms with E-state index in [0.717, 1.165) is 13.1 Å². The molecule has 1 atom stereocenters. The molecule has 0 amide bonds. The Morgan fingerprint density at radius 2 is 2.21 bits per heavy atom. The van der Waals surface area contributed by atoms with Crippen molar-refractivity contribution in [1.29, 1.82) is 0 Å². The van der Waals surface area contributed by atoms with Crippen LogP contribution in [0.15, 0.2) is 24.3 Å². The average Bonchev–Trinajstić information content (AvgIpc) is 2.23. The van der Waals surface area contributed by atoms with Crippen molar-refractivity contribution < 1.29 is 0 Å². The van der Waals surface area contributed by atoms with Gasteiger partial charge in [0.1, 0.15) is 0 Å². The summed E-state index contributed by atoms with van der Waals surface area (Å²) in [6.07, 6.45) is 1.24. The van der Waals surface area contributed by atoms with E-state index in [-0.39, 0.29) is 0 Å². The number of hydrogen-bond donors (Lipinski definition) is 0. The third kappa shape index (κ3) is 1.74. The Kier molecular flexibility index (Phi) is 2.97. The van der Waals surface area contributed by atoms with E-state index in [1.165, 1.54) is 17.7 Å². The van der Waals surface area contributed by atoms with E-state index in [4.69, 9.17) is 11.6 Å². The van der Waals surface area contributed by atoms with Crippen LogP contribution in [0.4, 0.5) is 5.69 Å². The van der Waals surface area contributed by atoms with Gasteiger partial charge in [0.05, 0.1) is 0 Å². The maximum absolute atomic E-state index is 5.80. The van der Waals surface area contributed by atoms with Gasteiger partial charge in [-0.2, -0.15) is 0 Å². The standard InChI is InChI=1S/C12H16ClN/c1-10-6-8-14(9-7-13)12-5-3-2-4-11(10)12/h2-5,10H,6-9H2,1H3. The summed E-state index contributed by atoms with van der Waals surface area (Å²) < 4.78 is 0. The van der Waals surface area contributed by atoms with Gasteiger partial charge in [-0.25, -0.2) is 0 Å². The van der Waals surface area contributed by atoms with Crippen LogP contribution in [0.5, 0.6) is 0 Å². The van der Waals surface area contributed by atoms with E-state index < -0.39 is 0 Å². The van der Waals surface area contributed by atoms with Gasteiger partial charge >= 0.3 is 0 Å². The van der Waals surface area contributed by atoms with Gasteiger partial charge in [-0.3, -0.25) is 0 Å². The van der Waals surface area contributed by atoms with Crippen LogP contribution in [0.25, 0.3) is 0 Å². The summed E-state index contributed by atoms with van der Waals surface area (Å²) in [7, 11) is 0. The zero-order chi connectivity index (χ0) is 9.97. The molecule has 1 nitrogen and oxygen atoms in total. The Morgan fingerprint density at radius 1 is 1.43 bits per heavy atom. The van der Waals surface area contributed by atoms with Gasteiger partial charge in [0.2, 0.25) is 0 Å². The molecule has 0 aliphatic carbocycles. The summed E-state index contributed by atoms with van der Waals surface area (Å²) >= 11 is 5.80. The second-order valence-corrected chi connectivity index (χ2v) is 4.30. The fraction of sp³-hybridized carbons (Fsp3) is 0.500. The van der Waals surface area contributed by atoms with E-state index >= 15 is 0 Å². The third-order valence-corrected chi connectivity index (χ3v) is 3.16. The van der Waals surface area contributed by atoms with Gasteiger partial charge < -0.3 is 4.90 Å². The van der Waals surface area contributed by atoms with Crippen LogP contribution in [0.2, 0.25) is 0 Å². The molecule has 1 aromatic carbocycles. The zero-order valence-corrected chi connectivity index (χ0v) is 9.30. The minimum atomic E-state index is 0.692. The lowest BCUT2D eigenvalue weighted by molar-refractivity contribution is 0.619. The van der Waals surface area contributed by atoms with Crippen molar-refractivity contribution in [3.8, 4) is 0 Å². The van der Waals surface area contributed by atoms with Crippen LogP contribution in [0, 0.1) is 0 Å². The van der Waals surface area contributed by atoms with Gasteiger partial charge in [-0.1, -0.05) is 25.1 Å². The van der Waals surface area contributed by atoms with Crippen molar-refractivity contribution in [2.45, 2.75) is 19.3 Å². The largest absolute Gasteiger partial charge is 0.370 e. The average molecular weight is 210 g/mol. The highest BCUT2D eigenvalue weighted by atomic mass is 35.5. The first-order valence-electron chi connectivity index (χ1n) is 5.22. The lowest BCUT2D eigenvalue weighted by atomic mass is 9.92. The number of hydrogen-bond acceptors (Lipinski definition) is 1. The van der Waals surface area contributed by atoms with E-state index in [2.05, 4.69) is 36.1 Å². The van der Waals surface area contributed by atoms with Crippen molar-refractivity contribution in [2.75, 3.05) is 23.9 Å². The van der Waals surface area contributed by atoms with E-state index in [1.807, 2.05) is 0 Å². The first-order chi connectivity index (χ1) is 6.83. The smallest absolute Gasteiger partial charge is 0.0401 e. The van der Waals surface area contributed by atoms with Crippen molar-refractivity contribution in [2.24, 2.45) is 0 Å². The number of rotatable bonds is 2. The molecule has 1 aliphatic heterocycles. The summed E-state index contributed by atoms with van der Waals surface area (Å²) in [4.78, 5) is 2.39. The lowest BCUT2D eigenvalue weighted by Crippen LogP contribution is -2.32. The molecule has 2 rings (SSSR count). The number of anilines is 1. The molecule has 0 bridgehead atoms. The van der Waals surface area contributed by atoms with Crippen LogP contribution in [-0.4, -0.2) is 19.0 Å². The third-order valence-electron chi connectivity index (χ3n) is 2.99. The predicted octanol–water partition coefficient (Wildman–Crippen LogP) is 3.24. The minimum Gasteiger partial charge on any atom is -0.370 e. The minimum absolute atomic E-state index is 0.692. The normalized spacial score (nSPS) is 20.7. The highest BCUT2D eigenvalue weighted by Gasteiger charge is 2.20. The molecule has 1 aliphatic rings. The number of para-hydroxylation sites is 1. The molecule has 0 aromatic heterocycles. The van der Waals surface area contributed by atoms with Crippen molar-refractivity contribution >= 4 is 17.3 Å². The van der Waals surface area contributed by atoms with Gasteiger partial charge in [0, 0.05) is 24.7 Å². The zero-order valence-electron chi connectivity index (χ0n) is 8.54. The Balaban J connectivity index is 2.31. The Morgan fingerprint density at radius 3 is 3.00 bits per heavy atom. The molecule has 76 valence electrons. The van der Waals surface area contributed by atoms with Crippen molar-refractivity contribution in [3.63, 3.8) is 0 Å². The first-order valence-corrected chi connectivity index (χ1v) is 5.76. The maximum Gasteiger partial charge on any atom is 0.0401 e. The second kappa shape index (κ2) is 4.22. The highest BCUT2D eigenvalue weighted by Crippen LogP contribution is 2.34. The summed E-state index contributed by atoms with van der Waals surface area (Å²) in [5, 5.41) is 0. The van der Waals surface area contributed by atoms with E-state index in [0.29, 0.717) is 11.8 Å². The number of fused-ring (bicyclic) bond motifs is 1. The second-order valence-electron chi connectivity index (χ2n) is 3.92. The number of alkyl halides is 1. The Hall–Kier alpha value is -0.690. The van der Waals surface area contributed by atoms with Crippen LogP contribution in [0.3, 0.4) is 0 Å². The van der Waals surface area contributed by atoms with Gasteiger partial charge in [0.25, 0.3) is 0 Å². The molecular weight excluding hydrogens is 194 g/mol. The molecule has 0 fully saturated rings. The quantitative estimate of drug-likeness (QED) is 0.676. The molecule has 14 heavy (non-hydrogen) atoms. The topological polar surface area (TPSA) is 3.24 Å². The van der Waals surface area contributed by atoms with Gasteiger partial charge in [-0.15, -0.1) is 11.6 Å². The SMILES string of the molecule is CC1CCN(CCCl)c2ccccc21. The molecule has 0 N–H and O–H groups in total. The highest BCUT2D eigenvalue weighted by molar-refractivity contribution is 6.18. The fourth-order valence-corrected chi connectivity index (χ4v) is 2.36. The van der Waals surface area contributed by atoms with E-state index in [1.54, 1.807) is 0 Å². The predicted molar refractivity (Wildman–Crippen MR) is 62.4 cm³/mol. The molecular formula is C12H16ClN. The summed E-state index contributed by atoms with van der Waals surface area (Å²) in [5.74, 6) is 1.40. The lowest BCUT2D eigenvalue weighted by Gasteiger charge is -2.34. The molecule has 0 radical (unpaired) electrons. The summed E-state index contributed by atoms with van der Waals surface area (Å²) in [6.45, 7) is 4.41. The molecule has 0 saturated heterocycles. The summed E-state index contributed by atoms with van der Waals surface area (Å²) in [6, 6.07) is 8.68. The number of halogens is 1. The molecule has 0 spiro atoms. The Labute approximate surface area is 90.7 Å². The maximum atomic E-state index is 5.80. The van der Waals surface area contributed by atoms with Crippen LogP contribution in [-0.2, 0) is 0 Å². The van der Waals surface area contributed by atoms with Crippen LogP contribution >= 0.6 is 11.6 Å². The summed E-state index contributed by atoms with van der Waals surface area (Å²) in [5.41, 5.74) is 2.86. The molecule has 2 heteroatoms. The van der Waals surface area contributed by atoms with Crippen LogP contribution < -0.4 is 4.90 Å². The fourth-order valence-electron chi connectivity index (χ4n) is 2.15. The Bertz CT molecular complexity index is 311. The van der Waals surface area contributed by atoms with E-state index in [9.17, 15) is 0 Å². The van der Waals surface area contributed by atoms with Crippen molar-refractivity contribution in [1.82, 2.24) is 0 Å². The number of benzene rings is 1. The molecule has 1 aromatic rings. The molecule has 0 saturated carbocycles. The molecule has 1 unspecified atom stereocenters. The number of nitrogens with zero attached hydrogens (tertiary/aromatic N) is 1.